The van der Waals surface area contributed by atoms with Crippen molar-refractivity contribution in [1.29, 1.82) is 0 Å². The van der Waals surface area contributed by atoms with Crippen LogP contribution in [0.1, 0.15) is 11.3 Å². The molecular formula is C17H13Cl2N5O. The predicted molar refractivity (Wildman–Crippen MR) is 95.4 cm³/mol. The van der Waals surface area contributed by atoms with Crippen LogP contribution < -0.4 is 5.49 Å². The molecule has 126 valence electrons. The topological polar surface area (TPSA) is 72.0 Å². The number of fused-ring (bicyclic) bond motifs is 1. The highest BCUT2D eigenvalue weighted by atomic mass is 35.5. The molecule has 4 rings (SSSR count). The lowest BCUT2D eigenvalue weighted by Crippen LogP contribution is -2.15. The number of hydrogen-bond donors (Lipinski definition) is 1. The molecule has 0 bridgehead atoms. The Labute approximate surface area is 152 Å². The van der Waals surface area contributed by atoms with Crippen LogP contribution in [0, 0.1) is 0 Å². The quantitative estimate of drug-likeness (QED) is 0.591. The first-order valence-corrected chi connectivity index (χ1v) is 8.32. The number of halogens is 2. The first kappa shape index (κ1) is 15.9. The van der Waals surface area contributed by atoms with Gasteiger partial charge in [-0.1, -0.05) is 35.3 Å². The van der Waals surface area contributed by atoms with Gasteiger partial charge in [0.05, 0.1) is 42.1 Å². The van der Waals surface area contributed by atoms with Gasteiger partial charge in [-0.2, -0.15) is 0 Å². The van der Waals surface area contributed by atoms with Gasteiger partial charge in [0, 0.05) is 0 Å². The fourth-order valence-corrected chi connectivity index (χ4v) is 2.94. The highest BCUT2D eigenvalue weighted by Crippen LogP contribution is 2.26. The molecule has 0 saturated carbocycles. The summed E-state index contributed by atoms with van der Waals surface area (Å²) in [6, 6.07) is 9.26. The Balaban J connectivity index is 1.72. The number of nitrogens with one attached hydrogen (secondary N) is 1. The van der Waals surface area contributed by atoms with Crippen molar-refractivity contribution in [2.24, 2.45) is 4.99 Å². The zero-order chi connectivity index (χ0) is 17.2. The lowest BCUT2D eigenvalue weighted by Gasteiger charge is -2.09. The fourth-order valence-electron chi connectivity index (χ4n) is 2.56. The Morgan fingerprint density at radius 2 is 2.08 bits per heavy atom. The summed E-state index contributed by atoms with van der Waals surface area (Å²) in [5.74, 6) is 0.775. The average Bonchev–Trinajstić information content (AvgIpc) is 3.30. The van der Waals surface area contributed by atoms with Crippen LogP contribution in [0.15, 0.2) is 58.7 Å². The fraction of sp³-hybridized carbons (Fsp3) is 0.118. The first-order chi connectivity index (χ1) is 12.2. The van der Waals surface area contributed by atoms with E-state index in [1.165, 1.54) is 0 Å². The zero-order valence-corrected chi connectivity index (χ0v) is 14.5. The molecule has 1 N–H and O–H groups in total. The van der Waals surface area contributed by atoms with Crippen molar-refractivity contribution in [2.45, 2.75) is 13.1 Å². The number of aromatic amines is 1. The van der Waals surface area contributed by atoms with Gasteiger partial charge < -0.3 is 14.0 Å². The summed E-state index contributed by atoms with van der Waals surface area (Å²) >= 11 is 12.4. The number of nitrogens with zero attached hydrogens (tertiary/aromatic N) is 4. The van der Waals surface area contributed by atoms with Gasteiger partial charge in [-0.3, -0.25) is 4.99 Å². The SMILES string of the molecule is Clc1cccc(Cn2cnc(=NCc3ccco3)c3[nH]cnc32)c1Cl. The largest absolute Gasteiger partial charge is 0.467 e. The van der Waals surface area contributed by atoms with Gasteiger partial charge in [0.15, 0.2) is 11.1 Å². The van der Waals surface area contributed by atoms with Crippen LogP contribution in [0.5, 0.6) is 0 Å². The van der Waals surface area contributed by atoms with Gasteiger partial charge in [-0.05, 0) is 23.8 Å². The third kappa shape index (κ3) is 3.18. The van der Waals surface area contributed by atoms with E-state index in [4.69, 9.17) is 27.6 Å². The van der Waals surface area contributed by atoms with Gasteiger partial charge >= 0.3 is 0 Å². The number of benzene rings is 1. The normalized spacial score (nSPS) is 12.2. The zero-order valence-electron chi connectivity index (χ0n) is 13.0. The molecule has 0 fully saturated rings. The van der Waals surface area contributed by atoms with Crippen LogP contribution in [0.2, 0.25) is 10.0 Å². The summed E-state index contributed by atoms with van der Waals surface area (Å²) < 4.78 is 7.19. The highest BCUT2D eigenvalue weighted by molar-refractivity contribution is 6.42. The maximum Gasteiger partial charge on any atom is 0.177 e. The summed E-state index contributed by atoms with van der Waals surface area (Å²) in [6.07, 6.45) is 4.94. The molecule has 0 amide bonds. The minimum absolute atomic E-state index is 0.415. The maximum atomic E-state index is 6.28. The number of imidazole rings is 1. The van der Waals surface area contributed by atoms with Crippen molar-refractivity contribution in [3.8, 4) is 0 Å². The average molecular weight is 374 g/mol. The van der Waals surface area contributed by atoms with E-state index in [-0.39, 0.29) is 0 Å². The highest BCUT2D eigenvalue weighted by Gasteiger charge is 2.09. The third-order valence-electron chi connectivity index (χ3n) is 3.77. The standard InChI is InChI=1S/C17H13Cl2N5O/c18-13-5-1-3-11(14(13)19)8-24-10-23-16(15-17(24)22-9-21-15)20-7-12-4-2-6-25-12/h1-6,9-10H,7-8H2,(H,21,22). The molecule has 0 atom stereocenters. The minimum atomic E-state index is 0.415. The monoisotopic (exact) mass is 373 g/mol. The lowest BCUT2D eigenvalue weighted by molar-refractivity contribution is 0.510. The van der Waals surface area contributed by atoms with Crippen LogP contribution in [0.3, 0.4) is 0 Å². The molecule has 1 aromatic carbocycles. The molecule has 3 heterocycles. The van der Waals surface area contributed by atoms with Crippen molar-refractivity contribution in [2.75, 3.05) is 0 Å². The summed E-state index contributed by atoms with van der Waals surface area (Å²) in [6.45, 7) is 0.921. The number of aromatic nitrogens is 4. The molecule has 0 radical (unpaired) electrons. The van der Waals surface area contributed by atoms with Crippen LogP contribution in [-0.2, 0) is 13.1 Å². The van der Waals surface area contributed by atoms with E-state index < -0.39 is 0 Å². The van der Waals surface area contributed by atoms with Gasteiger partial charge in [0.1, 0.15) is 11.3 Å². The molecule has 6 nitrogen and oxygen atoms in total. The van der Waals surface area contributed by atoms with Crippen LogP contribution >= 0.6 is 23.2 Å². The number of furan rings is 1. The van der Waals surface area contributed by atoms with Crippen LogP contribution in [0.4, 0.5) is 0 Å². The Bertz CT molecular complexity index is 1080. The molecular weight excluding hydrogens is 361 g/mol. The van der Waals surface area contributed by atoms with E-state index in [9.17, 15) is 0 Å². The van der Waals surface area contributed by atoms with Gasteiger partial charge in [-0.15, -0.1) is 0 Å². The van der Waals surface area contributed by atoms with Crippen molar-refractivity contribution in [3.63, 3.8) is 0 Å². The van der Waals surface area contributed by atoms with Crippen LogP contribution in [-0.4, -0.2) is 19.5 Å². The molecule has 0 aliphatic rings. The van der Waals surface area contributed by atoms with E-state index >= 15 is 0 Å². The number of hydrogen-bond acceptors (Lipinski definition) is 4. The van der Waals surface area contributed by atoms with Crippen molar-refractivity contribution >= 4 is 34.4 Å². The number of rotatable bonds is 4. The maximum absolute atomic E-state index is 6.28. The molecule has 0 saturated heterocycles. The smallest absolute Gasteiger partial charge is 0.177 e. The van der Waals surface area contributed by atoms with E-state index in [0.29, 0.717) is 28.6 Å². The second-order valence-electron chi connectivity index (χ2n) is 5.41. The molecule has 0 unspecified atom stereocenters. The molecule has 3 aromatic heterocycles. The van der Waals surface area contributed by atoms with Gasteiger partial charge in [0.2, 0.25) is 0 Å². The van der Waals surface area contributed by atoms with E-state index in [0.717, 1.165) is 22.5 Å². The number of H-pyrrole nitrogens is 1. The minimum Gasteiger partial charge on any atom is -0.467 e. The van der Waals surface area contributed by atoms with E-state index in [2.05, 4.69) is 19.9 Å². The molecule has 4 aromatic rings. The van der Waals surface area contributed by atoms with Crippen LogP contribution in [0.25, 0.3) is 11.2 Å². The van der Waals surface area contributed by atoms with Gasteiger partial charge in [-0.25, -0.2) is 9.97 Å². The molecule has 0 spiro atoms. The summed E-state index contributed by atoms with van der Waals surface area (Å²) in [7, 11) is 0. The lowest BCUT2D eigenvalue weighted by atomic mass is 10.2. The second-order valence-corrected chi connectivity index (χ2v) is 6.19. The molecule has 0 aliphatic heterocycles. The molecule has 25 heavy (non-hydrogen) atoms. The first-order valence-electron chi connectivity index (χ1n) is 7.56. The Kier molecular flexibility index (Phi) is 4.29. The molecule has 8 heteroatoms. The summed E-state index contributed by atoms with van der Waals surface area (Å²) in [5, 5.41) is 1.06. The Morgan fingerprint density at radius 1 is 1.16 bits per heavy atom. The van der Waals surface area contributed by atoms with Crippen molar-refractivity contribution < 1.29 is 4.42 Å². The third-order valence-corrected chi connectivity index (χ3v) is 4.63. The predicted octanol–water partition coefficient (Wildman–Crippen LogP) is 3.81. The Hall–Kier alpha value is -2.57. The van der Waals surface area contributed by atoms with E-state index in [1.54, 1.807) is 25.0 Å². The van der Waals surface area contributed by atoms with Crippen molar-refractivity contribution in [1.82, 2.24) is 19.5 Å². The van der Waals surface area contributed by atoms with Crippen molar-refractivity contribution in [3.05, 3.63) is 76.1 Å². The second kappa shape index (κ2) is 6.74. The van der Waals surface area contributed by atoms with Gasteiger partial charge in [0.25, 0.3) is 0 Å². The van der Waals surface area contributed by atoms with E-state index in [1.807, 2.05) is 28.8 Å². The summed E-state index contributed by atoms with van der Waals surface area (Å²) in [5.41, 5.74) is 2.97. The Morgan fingerprint density at radius 3 is 2.92 bits per heavy atom. The molecule has 0 aliphatic carbocycles. The summed E-state index contributed by atoms with van der Waals surface area (Å²) in [4.78, 5) is 16.4.